The largest absolute Gasteiger partial charge is 0.463 e. The molecule has 0 N–H and O–H groups in total. The van der Waals surface area contributed by atoms with E-state index < -0.39 is 6.29 Å². The van der Waals surface area contributed by atoms with Gasteiger partial charge >= 0.3 is 11.9 Å². The van der Waals surface area contributed by atoms with Crippen LogP contribution in [0, 0.1) is 0 Å². The number of cyclic esters (lactones) is 1. The maximum atomic E-state index is 12.4. The minimum absolute atomic E-state index is 0.0264. The van der Waals surface area contributed by atoms with Gasteiger partial charge < -0.3 is 14.2 Å². The molecule has 6 heteroatoms. The number of esters is 2. The first kappa shape index (κ1) is 16.8. The van der Waals surface area contributed by atoms with Crippen molar-refractivity contribution in [3.05, 3.63) is 44.9 Å². The second-order valence-electron chi connectivity index (χ2n) is 5.88. The molecule has 1 aromatic heterocycles. The standard InChI is InChI=1S/C18H20O5S/c1-4-21-17(20)14(13-6-5-12-7-8-24-15(12)13)9-22-18-11(3)10(2)16(19)23-18/h7-9,13,18H,4-6H2,1-3H3/b14-9+. The summed E-state index contributed by atoms with van der Waals surface area (Å²) in [5.74, 6) is -0.794. The number of carbonyl (C=O) groups is 2. The molecule has 0 saturated heterocycles. The predicted octanol–water partition coefficient (Wildman–Crippen LogP) is 3.46. The van der Waals surface area contributed by atoms with Crippen LogP contribution in [-0.4, -0.2) is 24.8 Å². The van der Waals surface area contributed by atoms with Crippen molar-refractivity contribution in [2.75, 3.05) is 6.61 Å². The maximum absolute atomic E-state index is 12.4. The van der Waals surface area contributed by atoms with E-state index in [1.54, 1.807) is 32.1 Å². The summed E-state index contributed by atoms with van der Waals surface area (Å²) in [5.41, 5.74) is 3.03. The minimum atomic E-state index is -0.772. The first-order valence-corrected chi connectivity index (χ1v) is 8.88. The third-order valence-corrected chi connectivity index (χ3v) is 5.54. The number of aryl methyl sites for hydroxylation is 1. The molecule has 0 aromatic carbocycles. The third-order valence-electron chi connectivity index (χ3n) is 4.47. The summed E-state index contributed by atoms with van der Waals surface area (Å²) in [7, 11) is 0. The molecule has 0 bridgehead atoms. The zero-order valence-corrected chi connectivity index (χ0v) is 14.8. The van der Waals surface area contributed by atoms with Crippen molar-refractivity contribution < 1.29 is 23.8 Å². The van der Waals surface area contributed by atoms with Crippen LogP contribution >= 0.6 is 11.3 Å². The van der Waals surface area contributed by atoms with Gasteiger partial charge in [-0.25, -0.2) is 9.59 Å². The Kier molecular flexibility index (Phi) is 4.76. The van der Waals surface area contributed by atoms with Gasteiger partial charge in [0, 0.05) is 21.9 Å². The molecule has 3 rings (SSSR count). The van der Waals surface area contributed by atoms with Crippen molar-refractivity contribution in [2.24, 2.45) is 0 Å². The van der Waals surface area contributed by atoms with Crippen LogP contribution in [0.25, 0.3) is 0 Å². The minimum Gasteiger partial charge on any atom is -0.463 e. The van der Waals surface area contributed by atoms with Gasteiger partial charge in [0.25, 0.3) is 6.29 Å². The molecular formula is C18H20O5S. The molecule has 2 heterocycles. The molecule has 2 aliphatic rings. The molecule has 0 amide bonds. The summed E-state index contributed by atoms with van der Waals surface area (Å²) in [5, 5.41) is 2.04. The normalized spacial score (nSPS) is 23.3. The van der Waals surface area contributed by atoms with E-state index in [9.17, 15) is 9.59 Å². The van der Waals surface area contributed by atoms with Gasteiger partial charge in [0.1, 0.15) is 0 Å². The first-order valence-electron chi connectivity index (χ1n) is 8.00. The van der Waals surface area contributed by atoms with E-state index in [0.717, 1.165) is 18.4 Å². The lowest BCUT2D eigenvalue weighted by molar-refractivity contribution is -0.153. The summed E-state index contributed by atoms with van der Waals surface area (Å²) < 4.78 is 16.0. The van der Waals surface area contributed by atoms with Gasteiger partial charge in [0.15, 0.2) is 0 Å². The second-order valence-corrected chi connectivity index (χ2v) is 6.82. The first-order chi connectivity index (χ1) is 11.5. The van der Waals surface area contributed by atoms with E-state index in [1.165, 1.54) is 16.7 Å². The van der Waals surface area contributed by atoms with Gasteiger partial charge in [-0.05, 0) is 50.6 Å². The topological polar surface area (TPSA) is 61.8 Å². The monoisotopic (exact) mass is 348 g/mol. The van der Waals surface area contributed by atoms with Crippen LogP contribution in [0.4, 0.5) is 0 Å². The molecule has 0 saturated carbocycles. The Hall–Kier alpha value is -2.08. The van der Waals surface area contributed by atoms with E-state index in [-0.39, 0.29) is 17.9 Å². The highest BCUT2D eigenvalue weighted by Crippen LogP contribution is 2.42. The molecule has 1 aliphatic carbocycles. The second kappa shape index (κ2) is 6.81. The number of hydrogen-bond acceptors (Lipinski definition) is 6. The van der Waals surface area contributed by atoms with Gasteiger partial charge in [0.05, 0.1) is 18.4 Å². The molecule has 2 atom stereocenters. The lowest BCUT2D eigenvalue weighted by atomic mass is 9.99. The predicted molar refractivity (Wildman–Crippen MR) is 89.4 cm³/mol. The van der Waals surface area contributed by atoms with Crippen molar-refractivity contribution in [3.63, 3.8) is 0 Å². The fraction of sp³-hybridized carbons (Fsp3) is 0.444. The Balaban J connectivity index is 1.84. The molecular weight excluding hydrogens is 328 g/mol. The Morgan fingerprint density at radius 3 is 2.92 bits per heavy atom. The lowest BCUT2D eigenvalue weighted by Crippen LogP contribution is -2.17. The Bertz CT molecular complexity index is 728. The Labute approximate surface area is 144 Å². The average molecular weight is 348 g/mol. The van der Waals surface area contributed by atoms with E-state index >= 15 is 0 Å². The van der Waals surface area contributed by atoms with Crippen molar-refractivity contribution in [1.82, 2.24) is 0 Å². The van der Waals surface area contributed by atoms with Crippen molar-refractivity contribution >= 4 is 23.3 Å². The number of hydrogen-bond donors (Lipinski definition) is 0. The van der Waals surface area contributed by atoms with E-state index in [2.05, 4.69) is 6.07 Å². The SMILES string of the molecule is CCOC(=O)/C(=C/OC1OC(=O)C(C)=C1C)C1CCc2ccsc21. The molecule has 0 fully saturated rings. The van der Waals surface area contributed by atoms with Gasteiger partial charge in [0.2, 0.25) is 0 Å². The fourth-order valence-electron chi connectivity index (χ4n) is 2.95. The maximum Gasteiger partial charge on any atom is 0.337 e. The smallest absolute Gasteiger partial charge is 0.337 e. The highest BCUT2D eigenvalue weighted by atomic mass is 32.1. The van der Waals surface area contributed by atoms with Crippen LogP contribution < -0.4 is 0 Å². The number of carbonyl (C=O) groups excluding carboxylic acids is 2. The van der Waals surface area contributed by atoms with Crippen LogP contribution in [0.1, 0.15) is 43.6 Å². The summed E-state index contributed by atoms with van der Waals surface area (Å²) in [4.78, 5) is 25.2. The van der Waals surface area contributed by atoms with Crippen LogP contribution in [0.3, 0.4) is 0 Å². The van der Waals surface area contributed by atoms with Crippen molar-refractivity contribution in [2.45, 2.75) is 45.8 Å². The molecule has 24 heavy (non-hydrogen) atoms. The number of ether oxygens (including phenoxy) is 3. The molecule has 0 spiro atoms. The summed E-state index contributed by atoms with van der Waals surface area (Å²) >= 11 is 1.64. The average Bonchev–Trinajstić information content (AvgIpc) is 3.22. The molecule has 2 unspecified atom stereocenters. The highest BCUT2D eigenvalue weighted by molar-refractivity contribution is 7.10. The van der Waals surface area contributed by atoms with Gasteiger partial charge in [-0.2, -0.15) is 0 Å². The summed E-state index contributed by atoms with van der Waals surface area (Å²) in [6.07, 6.45) is 2.44. The van der Waals surface area contributed by atoms with Gasteiger partial charge in [-0.3, -0.25) is 0 Å². The summed E-state index contributed by atoms with van der Waals surface area (Å²) in [6.45, 7) is 5.56. The number of thiophene rings is 1. The lowest BCUT2D eigenvalue weighted by Gasteiger charge is -2.16. The van der Waals surface area contributed by atoms with Gasteiger partial charge in [-0.15, -0.1) is 11.3 Å². The van der Waals surface area contributed by atoms with Crippen molar-refractivity contribution in [1.29, 1.82) is 0 Å². The quantitative estimate of drug-likeness (QED) is 0.463. The zero-order valence-electron chi connectivity index (χ0n) is 14.0. The molecule has 0 radical (unpaired) electrons. The third kappa shape index (κ3) is 2.98. The number of rotatable bonds is 5. The van der Waals surface area contributed by atoms with Crippen LogP contribution in [-0.2, 0) is 30.2 Å². The molecule has 1 aromatic rings. The van der Waals surface area contributed by atoms with Gasteiger partial charge in [-0.1, -0.05) is 0 Å². The Morgan fingerprint density at radius 1 is 1.46 bits per heavy atom. The number of fused-ring (bicyclic) bond motifs is 1. The van der Waals surface area contributed by atoms with Crippen LogP contribution in [0.5, 0.6) is 0 Å². The highest BCUT2D eigenvalue weighted by Gasteiger charge is 2.33. The molecule has 5 nitrogen and oxygen atoms in total. The summed E-state index contributed by atoms with van der Waals surface area (Å²) in [6, 6.07) is 2.10. The van der Waals surface area contributed by atoms with E-state index in [4.69, 9.17) is 14.2 Å². The Morgan fingerprint density at radius 2 is 2.25 bits per heavy atom. The van der Waals surface area contributed by atoms with E-state index in [0.29, 0.717) is 17.8 Å². The van der Waals surface area contributed by atoms with Crippen LogP contribution in [0.15, 0.2) is 34.4 Å². The fourth-order valence-corrected chi connectivity index (χ4v) is 4.06. The van der Waals surface area contributed by atoms with Crippen LogP contribution in [0.2, 0.25) is 0 Å². The molecule has 1 aliphatic heterocycles. The van der Waals surface area contributed by atoms with Crippen molar-refractivity contribution in [3.8, 4) is 0 Å². The molecule has 128 valence electrons. The zero-order chi connectivity index (χ0) is 17.3. The van der Waals surface area contributed by atoms with E-state index in [1.807, 2.05) is 5.38 Å².